The molecule has 6 nitrogen and oxygen atoms in total. The molecule has 0 spiro atoms. The zero-order valence-electron chi connectivity index (χ0n) is 10.6. The highest BCUT2D eigenvalue weighted by atomic mass is 16.5. The van der Waals surface area contributed by atoms with Crippen molar-refractivity contribution in [1.29, 1.82) is 0 Å². The Kier molecular flexibility index (Phi) is 3.41. The lowest BCUT2D eigenvalue weighted by molar-refractivity contribution is -0.136. The number of hydrogen-bond acceptors (Lipinski definition) is 4. The summed E-state index contributed by atoms with van der Waals surface area (Å²) in [4.78, 5) is 23.4. The van der Waals surface area contributed by atoms with Crippen LogP contribution in [0.3, 0.4) is 0 Å². The fourth-order valence-corrected chi connectivity index (χ4v) is 2.04. The predicted octanol–water partition coefficient (Wildman–Crippen LogP) is 1.19. The molecule has 0 saturated heterocycles. The third-order valence-corrected chi connectivity index (χ3v) is 2.92. The lowest BCUT2D eigenvalue weighted by Crippen LogP contribution is -2.45. The van der Waals surface area contributed by atoms with E-state index in [9.17, 15) is 14.7 Å². The van der Waals surface area contributed by atoms with Crippen molar-refractivity contribution in [2.45, 2.75) is 13.0 Å². The summed E-state index contributed by atoms with van der Waals surface area (Å²) in [7, 11) is 1.26. The monoisotopic (exact) mass is 262 g/mol. The average Bonchev–Trinajstić information content (AvgIpc) is 2.37. The summed E-state index contributed by atoms with van der Waals surface area (Å²) in [6.45, 7) is 1.61. The second-order valence-corrected chi connectivity index (χ2v) is 4.12. The molecule has 0 aromatic heterocycles. The minimum atomic E-state index is -0.734. The van der Waals surface area contributed by atoms with E-state index >= 15 is 0 Å². The Hall–Kier alpha value is -2.50. The number of carbonyl (C=O) groups is 2. The van der Waals surface area contributed by atoms with Gasteiger partial charge in [0.05, 0.1) is 18.7 Å². The summed E-state index contributed by atoms with van der Waals surface area (Å²) in [5.41, 5.74) is 1.12. The van der Waals surface area contributed by atoms with E-state index in [0.29, 0.717) is 11.3 Å². The number of hydrogen-bond donors (Lipinski definition) is 3. The third kappa shape index (κ3) is 2.37. The molecule has 1 atom stereocenters. The van der Waals surface area contributed by atoms with E-state index in [4.69, 9.17) is 4.74 Å². The van der Waals surface area contributed by atoms with E-state index in [0.717, 1.165) is 0 Å². The smallest absolute Gasteiger partial charge is 0.337 e. The number of phenols is 1. The molecule has 19 heavy (non-hydrogen) atoms. The van der Waals surface area contributed by atoms with Crippen LogP contribution in [-0.4, -0.2) is 24.2 Å². The number of ether oxygens (including phenoxy) is 1. The minimum Gasteiger partial charge on any atom is -0.508 e. The number of nitrogens with one attached hydrogen (secondary N) is 2. The topological polar surface area (TPSA) is 87.7 Å². The SMILES string of the molecule is COC(=O)C1=C(C)NC(=O)N[C@@H]1c1ccccc1O. The van der Waals surface area contributed by atoms with Crippen molar-refractivity contribution < 1.29 is 19.4 Å². The number of para-hydroxylation sites is 1. The Morgan fingerprint density at radius 2 is 2.05 bits per heavy atom. The van der Waals surface area contributed by atoms with Gasteiger partial charge in [0.2, 0.25) is 0 Å². The largest absolute Gasteiger partial charge is 0.508 e. The Bertz CT molecular complexity index is 566. The van der Waals surface area contributed by atoms with Gasteiger partial charge in [-0.3, -0.25) is 0 Å². The lowest BCUT2D eigenvalue weighted by Gasteiger charge is -2.28. The summed E-state index contributed by atoms with van der Waals surface area (Å²) in [5.74, 6) is -0.554. The van der Waals surface area contributed by atoms with Crippen molar-refractivity contribution in [2.24, 2.45) is 0 Å². The second-order valence-electron chi connectivity index (χ2n) is 4.12. The number of carbonyl (C=O) groups excluding carboxylic acids is 2. The molecule has 100 valence electrons. The van der Waals surface area contributed by atoms with Crippen LogP contribution >= 0.6 is 0 Å². The number of urea groups is 1. The first kappa shape index (κ1) is 12.9. The number of esters is 1. The lowest BCUT2D eigenvalue weighted by atomic mass is 9.95. The molecule has 0 bridgehead atoms. The summed E-state index contributed by atoms with van der Waals surface area (Å²) < 4.78 is 4.72. The van der Waals surface area contributed by atoms with Crippen molar-refractivity contribution in [3.05, 3.63) is 41.1 Å². The minimum absolute atomic E-state index is 0.00361. The Morgan fingerprint density at radius 1 is 1.37 bits per heavy atom. The highest BCUT2D eigenvalue weighted by Crippen LogP contribution is 2.32. The van der Waals surface area contributed by atoms with Gasteiger partial charge in [-0.25, -0.2) is 9.59 Å². The summed E-state index contributed by atoms with van der Waals surface area (Å²) >= 11 is 0. The van der Waals surface area contributed by atoms with Gasteiger partial charge in [0, 0.05) is 11.3 Å². The van der Waals surface area contributed by atoms with Crippen LogP contribution < -0.4 is 10.6 Å². The molecule has 1 aromatic rings. The molecular weight excluding hydrogens is 248 g/mol. The highest BCUT2D eigenvalue weighted by Gasteiger charge is 2.33. The maximum atomic E-state index is 11.8. The molecule has 0 radical (unpaired) electrons. The Morgan fingerprint density at radius 3 is 2.68 bits per heavy atom. The van der Waals surface area contributed by atoms with Crippen LogP contribution in [0.5, 0.6) is 5.75 Å². The van der Waals surface area contributed by atoms with Gasteiger partial charge in [0.1, 0.15) is 5.75 Å². The predicted molar refractivity (Wildman–Crippen MR) is 67.2 cm³/mol. The van der Waals surface area contributed by atoms with Gasteiger partial charge in [-0.05, 0) is 13.0 Å². The van der Waals surface area contributed by atoms with Crippen LogP contribution in [0.2, 0.25) is 0 Å². The molecule has 0 saturated carbocycles. The molecule has 1 heterocycles. The van der Waals surface area contributed by atoms with Crippen molar-refractivity contribution in [2.75, 3.05) is 7.11 Å². The molecule has 0 fully saturated rings. The van der Waals surface area contributed by atoms with Crippen LogP contribution in [0, 0.1) is 0 Å². The van der Waals surface area contributed by atoms with Gasteiger partial charge < -0.3 is 20.5 Å². The Labute approximate surface area is 110 Å². The van der Waals surface area contributed by atoms with Gasteiger partial charge in [-0.1, -0.05) is 18.2 Å². The molecule has 2 amide bonds. The molecule has 1 aromatic carbocycles. The fourth-order valence-electron chi connectivity index (χ4n) is 2.04. The maximum Gasteiger partial charge on any atom is 0.337 e. The number of allylic oxidation sites excluding steroid dienone is 1. The summed E-state index contributed by atoms with van der Waals surface area (Å²) in [6, 6.07) is 5.35. The van der Waals surface area contributed by atoms with E-state index in [-0.39, 0.29) is 11.3 Å². The van der Waals surface area contributed by atoms with Gasteiger partial charge in [-0.2, -0.15) is 0 Å². The fraction of sp³-hybridized carbons (Fsp3) is 0.231. The molecular formula is C13H14N2O4. The number of phenolic OH excluding ortho intramolecular Hbond substituents is 1. The van der Waals surface area contributed by atoms with E-state index in [2.05, 4.69) is 10.6 Å². The van der Waals surface area contributed by atoms with E-state index in [1.165, 1.54) is 13.2 Å². The van der Waals surface area contributed by atoms with Crippen LogP contribution in [0.15, 0.2) is 35.5 Å². The number of amides is 2. The van der Waals surface area contributed by atoms with Crippen LogP contribution in [0.25, 0.3) is 0 Å². The average molecular weight is 262 g/mol. The van der Waals surface area contributed by atoms with Gasteiger partial charge in [-0.15, -0.1) is 0 Å². The van der Waals surface area contributed by atoms with E-state index < -0.39 is 18.0 Å². The molecule has 0 aliphatic carbocycles. The summed E-state index contributed by atoms with van der Waals surface area (Å²) in [6.07, 6.45) is 0. The van der Waals surface area contributed by atoms with Gasteiger partial charge in [0.25, 0.3) is 0 Å². The van der Waals surface area contributed by atoms with Crippen molar-refractivity contribution >= 4 is 12.0 Å². The number of benzene rings is 1. The van der Waals surface area contributed by atoms with Crippen molar-refractivity contribution in [3.63, 3.8) is 0 Å². The first-order chi connectivity index (χ1) is 9.04. The zero-order valence-corrected chi connectivity index (χ0v) is 10.6. The number of methoxy groups -OCH3 is 1. The van der Waals surface area contributed by atoms with Crippen LogP contribution in [-0.2, 0) is 9.53 Å². The Balaban J connectivity index is 2.53. The van der Waals surface area contributed by atoms with E-state index in [1.807, 2.05) is 0 Å². The standard InChI is InChI=1S/C13H14N2O4/c1-7-10(12(17)19-2)11(15-13(18)14-7)8-5-3-4-6-9(8)16/h3-6,11,16H,1-2H3,(H2,14,15,18)/t11-/m1/s1. The molecule has 6 heteroatoms. The second kappa shape index (κ2) is 5.01. The van der Waals surface area contributed by atoms with E-state index in [1.54, 1.807) is 25.1 Å². The zero-order chi connectivity index (χ0) is 14.0. The van der Waals surface area contributed by atoms with Crippen LogP contribution in [0.1, 0.15) is 18.5 Å². The maximum absolute atomic E-state index is 11.8. The quantitative estimate of drug-likeness (QED) is 0.699. The molecule has 1 aliphatic heterocycles. The molecule has 1 aliphatic rings. The number of aromatic hydroxyl groups is 1. The van der Waals surface area contributed by atoms with Crippen molar-refractivity contribution in [1.82, 2.24) is 10.6 Å². The molecule has 3 N–H and O–H groups in total. The molecule has 0 unspecified atom stereocenters. The van der Waals surface area contributed by atoms with Crippen LogP contribution in [0.4, 0.5) is 4.79 Å². The van der Waals surface area contributed by atoms with Gasteiger partial charge in [0.15, 0.2) is 0 Å². The number of rotatable bonds is 2. The summed E-state index contributed by atoms with van der Waals surface area (Å²) in [5, 5.41) is 15.0. The normalized spacial score (nSPS) is 18.6. The first-order valence-corrected chi connectivity index (χ1v) is 5.69. The van der Waals surface area contributed by atoms with Gasteiger partial charge >= 0.3 is 12.0 Å². The van der Waals surface area contributed by atoms with Crippen molar-refractivity contribution in [3.8, 4) is 5.75 Å². The third-order valence-electron chi connectivity index (χ3n) is 2.92. The molecule has 2 rings (SSSR count). The first-order valence-electron chi connectivity index (χ1n) is 5.69. The highest BCUT2D eigenvalue weighted by molar-refractivity contribution is 5.95.